The van der Waals surface area contributed by atoms with Crippen LogP contribution in [0.1, 0.15) is 5.56 Å². The molecule has 0 unspecified atom stereocenters. The van der Waals surface area contributed by atoms with Crippen molar-refractivity contribution in [2.24, 2.45) is 0 Å². The van der Waals surface area contributed by atoms with Crippen molar-refractivity contribution < 1.29 is 15.2 Å². The summed E-state index contributed by atoms with van der Waals surface area (Å²) < 4.78 is 5.32. The number of nitrogens with zero attached hydrogens (tertiary/aromatic N) is 1. The Labute approximate surface area is 106 Å². The monoisotopic (exact) mass is 245 g/mol. The molecule has 0 spiro atoms. The van der Waals surface area contributed by atoms with E-state index in [1.807, 2.05) is 31.2 Å². The first-order chi connectivity index (χ1) is 8.61. The first-order valence-corrected chi connectivity index (χ1v) is 5.55. The van der Waals surface area contributed by atoms with E-state index in [1.165, 1.54) is 0 Å². The predicted octanol–water partition coefficient (Wildman–Crippen LogP) is 3.26. The van der Waals surface area contributed by atoms with Gasteiger partial charge in [0.2, 0.25) is 0 Å². The molecule has 18 heavy (non-hydrogen) atoms. The molecule has 94 valence electrons. The zero-order valence-electron chi connectivity index (χ0n) is 10.3. The first kappa shape index (κ1) is 12.4. The van der Waals surface area contributed by atoms with E-state index in [0.29, 0.717) is 5.69 Å². The fourth-order valence-corrected chi connectivity index (χ4v) is 1.85. The third kappa shape index (κ3) is 2.45. The second-order valence-corrected chi connectivity index (χ2v) is 4.04. The van der Waals surface area contributed by atoms with Gasteiger partial charge in [-0.05, 0) is 36.8 Å². The second-order valence-electron chi connectivity index (χ2n) is 4.04. The minimum atomic E-state index is 0.103. The topological polar surface area (TPSA) is 52.9 Å². The fourth-order valence-electron chi connectivity index (χ4n) is 1.85. The van der Waals surface area contributed by atoms with Crippen molar-refractivity contribution in [2.45, 2.75) is 6.92 Å². The van der Waals surface area contributed by atoms with Crippen molar-refractivity contribution in [3.05, 3.63) is 48.0 Å². The lowest BCUT2D eigenvalue weighted by molar-refractivity contribution is 0.0292. The highest BCUT2D eigenvalue weighted by molar-refractivity contribution is 5.73. The zero-order valence-corrected chi connectivity index (χ0v) is 10.3. The van der Waals surface area contributed by atoms with Crippen molar-refractivity contribution in [1.82, 2.24) is 0 Å². The third-order valence-electron chi connectivity index (χ3n) is 2.74. The highest BCUT2D eigenvalue weighted by Gasteiger charge is 2.08. The first-order valence-electron chi connectivity index (χ1n) is 5.55. The minimum Gasteiger partial charge on any atom is -0.496 e. The Bertz CT molecular complexity index is 552. The summed E-state index contributed by atoms with van der Waals surface area (Å²) in [6.45, 7) is 2.00. The van der Waals surface area contributed by atoms with Gasteiger partial charge in [-0.25, -0.2) is 0 Å². The zero-order chi connectivity index (χ0) is 13.1. The van der Waals surface area contributed by atoms with Crippen LogP contribution in [0.2, 0.25) is 0 Å². The fraction of sp³-hybridized carbons (Fsp3) is 0.143. The molecule has 0 amide bonds. The Hall–Kier alpha value is -2.04. The van der Waals surface area contributed by atoms with Crippen LogP contribution in [0.4, 0.5) is 5.69 Å². The summed E-state index contributed by atoms with van der Waals surface area (Å²) in [5.74, 6) is 0.750. The van der Waals surface area contributed by atoms with Crippen molar-refractivity contribution in [3.8, 4) is 16.9 Å². The van der Waals surface area contributed by atoms with Crippen molar-refractivity contribution in [3.63, 3.8) is 0 Å². The normalized spacial score (nSPS) is 10.2. The molecule has 0 heterocycles. The summed E-state index contributed by atoms with van der Waals surface area (Å²) in [6.07, 6.45) is 0. The molecule has 0 aliphatic carbocycles. The van der Waals surface area contributed by atoms with E-state index in [4.69, 9.17) is 15.2 Å². The number of ether oxygens (including phenoxy) is 1. The Morgan fingerprint density at radius 3 is 2.50 bits per heavy atom. The van der Waals surface area contributed by atoms with Gasteiger partial charge >= 0.3 is 0 Å². The van der Waals surface area contributed by atoms with Gasteiger partial charge in [0.05, 0.1) is 12.8 Å². The van der Waals surface area contributed by atoms with Crippen LogP contribution in [0.3, 0.4) is 0 Å². The minimum absolute atomic E-state index is 0.103. The Kier molecular flexibility index (Phi) is 3.50. The summed E-state index contributed by atoms with van der Waals surface area (Å²) in [7, 11) is 1.61. The molecule has 2 aromatic carbocycles. The van der Waals surface area contributed by atoms with Gasteiger partial charge in [0, 0.05) is 5.56 Å². The van der Waals surface area contributed by atoms with Crippen LogP contribution < -0.4 is 9.96 Å². The smallest absolute Gasteiger partial charge is 0.126 e. The van der Waals surface area contributed by atoms with Crippen molar-refractivity contribution in [1.29, 1.82) is 0 Å². The lowest BCUT2D eigenvalue weighted by Crippen LogP contribution is -2.10. The third-order valence-corrected chi connectivity index (χ3v) is 2.74. The van der Waals surface area contributed by atoms with Gasteiger partial charge in [-0.3, -0.25) is 10.4 Å². The number of methoxy groups -OCH3 is 1. The van der Waals surface area contributed by atoms with Gasteiger partial charge in [-0.15, -0.1) is 5.23 Å². The van der Waals surface area contributed by atoms with Crippen molar-refractivity contribution in [2.75, 3.05) is 12.3 Å². The van der Waals surface area contributed by atoms with Crippen LogP contribution >= 0.6 is 0 Å². The van der Waals surface area contributed by atoms with Crippen LogP contribution in [-0.4, -0.2) is 17.5 Å². The second kappa shape index (κ2) is 5.08. The van der Waals surface area contributed by atoms with E-state index in [-0.39, 0.29) is 5.23 Å². The SMILES string of the molecule is COc1ccc(C)cc1-c1cccc(N(O)O)c1. The molecule has 0 saturated heterocycles. The molecule has 0 aromatic heterocycles. The van der Waals surface area contributed by atoms with E-state index >= 15 is 0 Å². The molecule has 2 N–H and O–H groups in total. The number of hydrogen-bond donors (Lipinski definition) is 2. The van der Waals surface area contributed by atoms with E-state index < -0.39 is 0 Å². The number of hydrogen-bond acceptors (Lipinski definition) is 4. The van der Waals surface area contributed by atoms with E-state index in [2.05, 4.69) is 0 Å². The van der Waals surface area contributed by atoms with Gasteiger partial charge in [0.15, 0.2) is 0 Å². The van der Waals surface area contributed by atoms with Crippen LogP contribution in [0, 0.1) is 6.92 Å². The molecule has 4 nitrogen and oxygen atoms in total. The summed E-state index contributed by atoms with van der Waals surface area (Å²) in [6, 6.07) is 12.8. The van der Waals surface area contributed by atoms with E-state index in [9.17, 15) is 0 Å². The number of aryl methyl sites for hydroxylation is 1. The van der Waals surface area contributed by atoms with Crippen LogP contribution in [0.5, 0.6) is 5.75 Å². The van der Waals surface area contributed by atoms with Crippen LogP contribution in [0.15, 0.2) is 42.5 Å². The summed E-state index contributed by atoms with van der Waals surface area (Å²) >= 11 is 0. The Balaban J connectivity index is 2.54. The Morgan fingerprint density at radius 2 is 1.83 bits per heavy atom. The molecule has 0 bridgehead atoms. The van der Waals surface area contributed by atoms with Gasteiger partial charge in [0.1, 0.15) is 5.75 Å². The lowest BCUT2D eigenvalue weighted by atomic mass is 10.0. The molecule has 0 aliphatic heterocycles. The van der Waals surface area contributed by atoms with Gasteiger partial charge in [-0.1, -0.05) is 23.8 Å². The van der Waals surface area contributed by atoms with Gasteiger partial charge in [-0.2, -0.15) is 0 Å². The standard InChI is InChI=1S/C14H15NO3/c1-10-6-7-14(18-2)13(8-10)11-4-3-5-12(9-11)15(16)17/h3-9,16-17H,1-2H3. The molecule has 0 fully saturated rings. The maximum atomic E-state index is 9.03. The number of anilines is 1. The highest BCUT2D eigenvalue weighted by atomic mass is 16.8. The number of rotatable bonds is 3. The van der Waals surface area contributed by atoms with Crippen molar-refractivity contribution >= 4 is 5.69 Å². The summed E-state index contributed by atoms with van der Waals surface area (Å²) in [5.41, 5.74) is 3.19. The van der Waals surface area contributed by atoms with Gasteiger partial charge in [0.25, 0.3) is 0 Å². The molecule has 2 aromatic rings. The van der Waals surface area contributed by atoms with Crippen LogP contribution in [0.25, 0.3) is 11.1 Å². The molecule has 2 rings (SSSR count). The predicted molar refractivity (Wildman–Crippen MR) is 69.2 cm³/mol. The largest absolute Gasteiger partial charge is 0.496 e. The maximum absolute atomic E-state index is 9.03. The molecule has 0 saturated carbocycles. The quantitative estimate of drug-likeness (QED) is 0.815. The lowest BCUT2D eigenvalue weighted by Gasteiger charge is -2.12. The molecule has 0 atom stereocenters. The highest BCUT2D eigenvalue weighted by Crippen LogP contribution is 2.32. The number of benzene rings is 2. The Morgan fingerprint density at radius 1 is 1.06 bits per heavy atom. The average Bonchev–Trinajstić information content (AvgIpc) is 2.39. The molecule has 0 radical (unpaired) electrons. The maximum Gasteiger partial charge on any atom is 0.126 e. The molecular weight excluding hydrogens is 230 g/mol. The molecule has 4 heteroatoms. The average molecular weight is 245 g/mol. The van der Waals surface area contributed by atoms with Crippen LogP contribution in [-0.2, 0) is 0 Å². The van der Waals surface area contributed by atoms with E-state index in [1.54, 1.807) is 25.3 Å². The van der Waals surface area contributed by atoms with E-state index in [0.717, 1.165) is 22.4 Å². The summed E-state index contributed by atoms with van der Waals surface area (Å²) in [5, 5.41) is 18.2. The summed E-state index contributed by atoms with van der Waals surface area (Å²) in [4.78, 5) is 0. The van der Waals surface area contributed by atoms with Gasteiger partial charge < -0.3 is 4.74 Å². The molecule has 0 aliphatic rings. The molecular formula is C14H15NO3.